The fourth-order valence-corrected chi connectivity index (χ4v) is 3.47. The van der Waals surface area contributed by atoms with Crippen molar-refractivity contribution in [2.45, 2.75) is 31.7 Å². The number of benzene rings is 1. The Kier molecular flexibility index (Phi) is 6.04. The van der Waals surface area contributed by atoms with Gasteiger partial charge in [0.2, 0.25) is 0 Å². The SMILES string of the molecule is Cn1cnc2c(C#N)nc(-c3ccc(OCCCNC(O)C4CC4)c(C(F)(F)F)c3)cc21. The van der Waals surface area contributed by atoms with Crippen LogP contribution in [0.1, 0.15) is 30.5 Å². The number of rotatable bonds is 8. The lowest BCUT2D eigenvalue weighted by Gasteiger charge is -2.16. The van der Waals surface area contributed by atoms with Gasteiger partial charge in [-0.2, -0.15) is 18.4 Å². The van der Waals surface area contributed by atoms with Crippen LogP contribution in [0.4, 0.5) is 13.2 Å². The number of aryl methyl sites for hydroxylation is 1. The molecule has 2 heterocycles. The molecule has 168 valence electrons. The number of pyridine rings is 1. The molecular weight excluding hydrogens is 423 g/mol. The molecule has 3 aromatic rings. The van der Waals surface area contributed by atoms with Gasteiger partial charge in [0.1, 0.15) is 23.6 Å². The number of fused-ring (bicyclic) bond motifs is 1. The fourth-order valence-electron chi connectivity index (χ4n) is 3.47. The van der Waals surface area contributed by atoms with Gasteiger partial charge in [-0.1, -0.05) is 0 Å². The van der Waals surface area contributed by atoms with E-state index in [9.17, 15) is 23.5 Å². The van der Waals surface area contributed by atoms with E-state index >= 15 is 0 Å². The third kappa shape index (κ3) is 4.69. The Morgan fingerprint density at radius 3 is 2.81 bits per heavy atom. The standard InChI is InChI=1S/C22H22F3N5O2/c1-30-12-28-20-17(11-26)29-16(10-18(20)30)14-5-6-19(15(9-14)22(23,24)25)32-8-2-7-27-21(31)13-3-4-13/h5-6,9-10,12-13,21,27,31H,2-4,7-8H2,1H3. The number of hydrogen-bond donors (Lipinski definition) is 2. The number of alkyl halides is 3. The highest BCUT2D eigenvalue weighted by Gasteiger charge is 2.35. The highest BCUT2D eigenvalue weighted by Crippen LogP contribution is 2.39. The maximum Gasteiger partial charge on any atom is 0.419 e. The first kappa shape index (κ1) is 22.0. The average molecular weight is 445 g/mol. The predicted octanol–water partition coefficient (Wildman–Crippen LogP) is 3.61. The van der Waals surface area contributed by atoms with Gasteiger partial charge in [0.15, 0.2) is 5.69 Å². The Balaban J connectivity index is 1.54. The van der Waals surface area contributed by atoms with E-state index in [-0.39, 0.29) is 35.2 Å². The van der Waals surface area contributed by atoms with Gasteiger partial charge in [-0.3, -0.25) is 5.32 Å². The van der Waals surface area contributed by atoms with Gasteiger partial charge in [-0.25, -0.2) is 9.97 Å². The summed E-state index contributed by atoms with van der Waals surface area (Å²) in [6.07, 6.45) is -1.24. The normalized spacial score (nSPS) is 15.0. The maximum atomic E-state index is 13.7. The Labute approximate surface area is 182 Å². The number of aliphatic hydroxyl groups excluding tert-OH is 1. The van der Waals surface area contributed by atoms with Gasteiger partial charge in [0.25, 0.3) is 0 Å². The number of hydrogen-bond acceptors (Lipinski definition) is 6. The number of imidazole rings is 1. The number of aliphatic hydroxyl groups is 1. The zero-order valence-electron chi connectivity index (χ0n) is 17.4. The average Bonchev–Trinajstić information content (AvgIpc) is 3.55. The van der Waals surface area contributed by atoms with Crippen molar-refractivity contribution in [3.8, 4) is 23.1 Å². The molecule has 7 nitrogen and oxygen atoms in total. The molecule has 2 aromatic heterocycles. The predicted molar refractivity (Wildman–Crippen MR) is 111 cm³/mol. The van der Waals surface area contributed by atoms with Crippen molar-refractivity contribution in [2.24, 2.45) is 13.0 Å². The molecule has 1 fully saturated rings. The van der Waals surface area contributed by atoms with Crippen molar-refractivity contribution in [1.29, 1.82) is 5.26 Å². The minimum absolute atomic E-state index is 0.0490. The molecule has 2 N–H and O–H groups in total. The van der Waals surface area contributed by atoms with E-state index in [1.165, 1.54) is 18.5 Å². The molecule has 0 saturated heterocycles. The first-order valence-electron chi connectivity index (χ1n) is 10.3. The summed E-state index contributed by atoms with van der Waals surface area (Å²) in [6.45, 7) is 0.521. The molecule has 1 unspecified atom stereocenters. The van der Waals surface area contributed by atoms with Crippen LogP contribution in [-0.2, 0) is 13.2 Å². The van der Waals surface area contributed by atoms with Crippen LogP contribution in [0.25, 0.3) is 22.3 Å². The summed E-state index contributed by atoms with van der Waals surface area (Å²) in [7, 11) is 1.73. The molecular formula is C22H22F3N5O2. The number of ether oxygens (including phenoxy) is 1. The second-order valence-corrected chi connectivity index (χ2v) is 7.84. The molecule has 1 aliphatic rings. The van der Waals surface area contributed by atoms with E-state index < -0.39 is 18.0 Å². The summed E-state index contributed by atoms with van der Waals surface area (Å²) < 4.78 is 48.2. The van der Waals surface area contributed by atoms with Gasteiger partial charge in [-0.05, 0) is 49.4 Å². The van der Waals surface area contributed by atoms with Crippen LogP contribution in [0.3, 0.4) is 0 Å². The number of aromatic nitrogens is 3. The van der Waals surface area contributed by atoms with Crippen LogP contribution in [0.5, 0.6) is 5.75 Å². The summed E-state index contributed by atoms with van der Waals surface area (Å²) in [5.74, 6) is 0.00660. The molecule has 0 amide bonds. The van der Waals surface area contributed by atoms with Gasteiger partial charge < -0.3 is 14.4 Å². The van der Waals surface area contributed by atoms with Crippen LogP contribution in [0, 0.1) is 17.2 Å². The highest BCUT2D eigenvalue weighted by molar-refractivity contribution is 5.84. The summed E-state index contributed by atoms with van der Waals surface area (Å²) in [5.41, 5.74) is 0.599. The molecule has 1 atom stereocenters. The third-order valence-corrected chi connectivity index (χ3v) is 5.40. The number of nitrogens with zero attached hydrogens (tertiary/aromatic N) is 4. The van der Waals surface area contributed by atoms with Gasteiger partial charge >= 0.3 is 6.18 Å². The maximum absolute atomic E-state index is 13.7. The fraction of sp³-hybridized carbons (Fsp3) is 0.409. The van der Waals surface area contributed by atoms with E-state index in [1.54, 1.807) is 17.7 Å². The van der Waals surface area contributed by atoms with E-state index in [2.05, 4.69) is 15.3 Å². The molecule has 1 saturated carbocycles. The van der Waals surface area contributed by atoms with Crippen molar-refractivity contribution >= 4 is 11.0 Å². The molecule has 0 spiro atoms. The lowest BCUT2D eigenvalue weighted by atomic mass is 10.1. The Bertz CT molecular complexity index is 1160. The van der Waals surface area contributed by atoms with Crippen molar-refractivity contribution in [1.82, 2.24) is 19.9 Å². The third-order valence-electron chi connectivity index (χ3n) is 5.40. The summed E-state index contributed by atoms with van der Waals surface area (Å²) in [5, 5.41) is 22.1. The zero-order chi connectivity index (χ0) is 22.9. The van der Waals surface area contributed by atoms with Gasteiger partial charge in [0, 0.05) is 19.2 Å². The summed E-state index contributed by atoms with van der Waals surface area (Å²) in [6, 6.07) is 7.30. The summed E-state index contributed by atoms with van der Waals surface area (Å²) in [4.78, 5) is 8.33. The first-order chi connectivity index (χ1) is 15.3. The zero-order valence-corrected chi connectivity index (χ0v) is 17.4. The Morgan fingerprint density at radius 2 is 2.12 bits per heavy atom. The van der Waals surface area contributed by atoms with E-state index in [0.717, 1.165) is 18.9 Å². The smallest absolute Gasteiger partial charge is 0.419 e. The lowest BCUT2D eigenvalue weighted by Crippen LogP contribution is -2.32. The van der Waals surface area contributed by atoms with Crippen LogP contribution in [0.2, 0.25) is 0 Å². The molecule has 32 heavy (non-hydrogen) atoms. The Morgan fingerprint density at radius 1 is 1.34 bits per heavy atom. The summed E-state index contributed by atoms with van der Waals surface area (Å²) >= 11 is 0. The minimum atomic E-state index is -4.62. The molecule has 0 bridgehead atoms. The van der Waals surface area contributed by atoms with Gasteiger partial charge in [-0.15, -0.1) is 0 Å². The molecule has 1 aromatic carbocycles. The monoisotopic (exact) mass is 445 g/mol. The van der Waals surface area contributed by atoms with Gasteiger partial charge in [0.05, 0.1) is 29.7 Å². The van der Waals surface area contributed by atoms with Crippen molar-refractivity contribution in [3.05, 3.63) is 41.9 Å². The van der Waals surface area contributed by atoms with Crippen LogP contribution < -0.4 is 10.1 Å². The van der Waals surface area contributed by atoms with Crippen LogP contribution >= 0.6 is 0 Å². The second-order valence-electron chi connectivity index (χ2n) is 7.84. The second kappa shape index (κ2) is 8.76. The molecule has 1 aliphatic carbocycles. The number of nitrogens with one attached hydrogen (secondary N) is 1. The minimum Gasteiger partial charge on any atom is -0.493 e. The molecule has 4 rings (SSSR count). The number of nitriles is 1. The molecule has 0 aliphatic heterocycles. The highest BCUT2D eigenvalue weighted by atomic mass is 19.4. The number of halogens is 3. The lowest BCUT2D eigenvalue weighted by molar-refractivity contribution is -0.138. The topological polar surface area (TPSA) is 96.0 Å². The van der Waals surface area contributed by atoms with Crippen LogP contribution in [-0.4, -0.2) is 39.0 Å². The van der Waals surface area contributed by atoms with Crippen LogP contribution in [0.15, 0.2) is 30.6 Å². The largest absolute Gasteiger partial charge is 0.493 e. The first-order valence-corrected chi connectivity index (χ1v) is 10.3. The van der Waals surface area contributed by atoms with E-state index in [1.807, 2.05) is 6.07 Å². The van der Waals surface area contributed by atoms with Crippen molar-refractivity contribution in [2.75, 3.05) is 13.2 Å². The van der Waals surface area contributed by atoms with Crippen molar-refractivity contribution in [3.63, 3.8) is 0 Å². The van der Waals surface area contributed by atoms with E-state index in [4.69, 9.17) is 4.74 Å². The molecule has 0 radical (unpaired) electrons. The Hall–Kier alpha value is -3.16. The quantitative estimate of drug-likeness (QED) is 0.406. The van der Waals surface area contributed by atoms with E-state index in [0.29, 0.717) is 24.0 Å². The molecule has 10 heteroatoms. The van der Waals surface area contributed by atoms with Crippen molar-refractivity contribution < 1.29 is 23.0 Å².